The molecule has 2 nitrogen and oxygen atoms in total. The van der Waals surface area contributed by atoms with Crippen LogP contribution in [0.3, 0.4) is 0 Å². The number of aryl methyl sites for hydroxylation is 1. The maximum absolute atomic E-state index is 13.3. The molecule has 0 spiro atoms. The smallest absolute Gasteiger partial charge is 0.125 e. The maximum atomic E-state index is 13.3. The van der Waals surface area contributed by atoms with Crippen molar-refractivity contribution in [3.8, 4) is 5.69 Å². The van der Waals surface area contributed by atoms with Crippen molar-refractivity contribution in [1.29, 1.82) is 0 Å². The highest BCUT2D eigenvalue weighted by Gasteiger charge is 2.09. The summed E-state index contributed by atoms with van der Waals surface area (Å²) < 4.78 is 15.4. The van der Waals surface area contributed by atoms with Crippen molar-refractivity contribution in [2.75, 3.05) is 13.6 Å². The fourth-order valence-corrected chi connectivity index (χ4v) is 2.27. The van der Waals surface area contributed by atoms with E-state index < -0.39 is 0 Å². The quantitative estimate of drug-likeness (QED) is 0.888. The van der Waals surface area contributed by atoms with Crippen LogP contribution in [0.5, 0.6) is 0 Å². The van der Waals surface area contributed by atoms with Crippen LogP contribution in [0.15, 0.2) is 36.4 Å². The molecule has 2 rings (SSSR count). The average Bonchev–Trinajstić information content (AvgIpc) is 2.65. The summed E-state index contributed by atoms with van der Waals surface area (Å²) in [5, 5.41) is 3.07. The second-order valence-corrected chi connectivity index (χ2v) is 4.60. The Morgan fingerprint density at radius 2 is 2.05 bits per heavy atom. The van der Waals surface area contributed by atoms with Crippen LogP contribution in [-0.4, -0.2) is 18.2 Å². The molecule has 0 amide bonds. The van der Waals surface area contributed by atoms with Gasteiger partial charge in [0.25, 0.3) is 0 Å². The Morgan fingerprint density at radius 3 is 2.74 bits per heavy atom. The first-order valence-electron chi connectivity index (χ1n) is 6.39. The van der Waals surface area contributed by atoms with E-state index >= 15 is 0 Å². The highest BCUT2D eigenvalue weighted by atomic mass is 19.1. The van der Waals surface area contributed by atoms with Gasteiger partial charge in [0, 0.05) is 23.6 Å². The van der Waals surface area contributed by atoms with E-state index in [4.69, 9.17) is 0 Å². The van der Waals surface area contributed by atoms with Crippen molar-refractivity contribution in [3.05, 3.63) is 59.2 Å². The number of nitrogens with one attached hydrogen (secondary N) is 1. The molecule has 0 fully saturated rings. The summed E-state index contributed by atoms with van der Waals surface area (Å²) in [6.45, 7) is 4.92. The van der Waals surface area contributed by atoms with Gasteiger partial charge >= 0.3 is 0 Å². The van der Waals surface area contributed by atoms with Crippen LogP contribution in [0, 0.1) is 19.7 Å². The Bertz CT molecular complexity index is 597. The zero-order chi connectivity index (χ0) is 13.8. The molecular weight excluding hydrogens is 239 g/mol. The zero-order valence-electron chi connectivity index (χ0n) is 11.6. The number of likely N-dealkylation sites (N-methyl/N-ethyl adjacent to an activating group) is 1. The second kappa shape index (κ2) is 5.85. The summed E-state index contributed by atoms with van der Waals surface area (Å²) in [5.41, 5.74) is 4.25. The van der Waals surface area contributed by atoms with Gasteiger partial charge in [0.1, 0.15) is 5.82 Å². The summed E-state index contributed by atoms with van der Waals surface area (Å²) in [6, 6.07) is 8.79. The van der Waals surface area contributed by atoms with Crippen LogP contribution in [0.1, 0.15) is 17.0 Å². The van der Waals surface area contributed by atoms with Gasteiger partial charge in [-0.3, -0.25) is 0 Å². The molecule has 0 aliphatic rings. The number of halogens is 1. The topological polar surface area (TPSA) is 17.0 Å². The summed E-state index contributed by atoms with van der Waals surface area (Å²) in [5.74, 6) is -0.211. The Hall–Kier alpha value is -1.87. The largest absolute Gasteiger partial charge is 0.318 e. The number of hydrogen-bond acceptors (Lipinski definition) is 1. The Labute approximate surface area is 113 Å². The summed E-state index contributed by atoms with van der Waals surface area (Å²) >= 11 is 0. The predicted octanol–water partition coefficient (Wildman–Crippen LogP) is 3.47. The minimum absolute atomic E-state index is 0.211. The Balaban J connectivity index is 2.42. The molecule has 0 aliphatic heterocycles. The monoisotopic (exact) mass is 258 g/mol. The maximum Gasteiger partial charge on any atom is 0.125 e. The third kappa shape index (κ3) is 2.93. The molecule has 1 aromatic heterocycles. The summed E-state index contributed by atoms with van der Waals surface area (Å²) in [4.78, 5) is 0. The van der Waals surface area contributed by atoms with Crippen LogP contribution >= 0.6 is 0 Å². The average molecular weight is 258 g/mol. The van der Waals surface area contributed by atoms with Crippen LogP contribution in [0.2, 0.25) is 0 Å². The van der Waals surface area contributed by atoms with Gasteiger partial charge in [-0.15, -0.1) is 0 Å². The molecule has 19 heavy (non-hydrogen) atoms. The third-order valence-electron chi connectivity index (χ3n) is 3.16. The lowest BCUT2D eigenvalue weighted by molar-refractivity contribution is 0.626. The first-order chi connectivity index (χ1) is 9.13. The van der Waals surface area contributed by atoms with E-state index in [0.717, 1.165) is 29.2 Å². The van der Waals surface area contributed by atoms with E-state index in [1.54, 1.807) is 12.1 Å². The fourth-order valence-electron chi connectivity index (χ4n) is 2.27. The fraction of sp³-hybridized carbons (Fsp3) is 0.250. The number of aromatic nitrogens is 1. The van der Waals surface area contributed by atoms with Crippen molar-refractivity contribution in [3.63, 3.8) is 0 Å². The summed E-state index contributed by atoms with van der Waals surface area (Å²) in [7, 11) is 1.92. The van der Waals surface area contributed by atoms with Gasteiger partial charge in [0.2, 0.25) is 0 Å². The number of rotatable bonds is 4. The number of hydrogen-bond donors (Lipinski definition) is 1. The van der Waals surface area contributed by atoms with Gasteiger partial charge in [-0.2, -0.15) is 0 Å². The molecule has 0 bridgehead atoms. The molecule has 0 radical (unpaired) electrons. The second-order valence-electron chi connectivity index (χ2n) is 4.60. The molecule has 0 atom stereocenters. The van der Waals surface area contributed by atoms with Gasteiger partial charge in [0.15, 0.2) is 0 Å². The van der Waals surface area contributed by atoms with E-state index in [2.05, 4.69) is 35.0 Å². The van der Waals surface area contributed by atoms with E-state index in [1.165, 1.54) is 6.07 Å². The number of benzene rings is 1. The first-order valence-corrected chi connectivity index (χ1v) is 6.39. The SMILES string of the molecule is CNCC=Cc1cc(C)n(-c2cccc(F)c2)c1C. The highest BCUT2D eigenvalue weighted by Crippen LogP contribution is 2.22. The third-order valence-corrected chi connectivity index (χ3v) is 3.16. The lowest BCUT2D eigenvalue weighted by Gasteiger charge is -2.09. The van der Waals surface area contributed by atoms with Gasteiger partial charge in [-0.25, -0.2) is 4.39 Å². The lowest BCUT2D eigenvalue weighted by Crippen LogP contribution is -2.03. The molecular formula is C16H19FN2. The molecule has 1 N–H and O–H groups in total. The van der Waals surface area contributed by atoms with Crippen LogP contribution in [0.4, 0.5) is 4.39 Å². The molecule has 0 aliphatic carbocycles. The predicted molar refractivity (Wildman–Crippen MR) is 78.2 cm³/mol. The Morgan fingerprint density at radius 1 is 1.26 bits per heavy atom. The van der Waals surface area contributed by atoms with Crippen molar-refractivity contribution in [1.82, 2.24) is 9.88 Å². The molecule has 1 aromatic carbocycles. The standard InChI is InChI=1S/C16H19FN2/c1-12-10-14(6-5-9-18-3)13(2)19(12)16-8-4-7-15(17)11-16/h4-8,10-11,18H,9H2,1-3H3. The van der Waals surface area contributed by atoms with Gasteiger partial charge in [0.05, 0.1) is 0 Å². The van der Waals surface area contributed by atoms with Crippen molar-refractivity contribution in [2.45, 2.75) is 13.8 Å². The van der Waals surface area contributed by atoms with Crippen LogP contribution in [0.25, 0.3) is 11.8 Å². The molecule has 3 heteroatoms. The van der Waals surface area contributed by atoms with Gasteiger partial charge < -0.3 is 9.88 Å². The highest BCUT2D eigenvalue weighted by molar-refractivity contribution is 5.56. The normalized spacial score (nSPS) is 11.4. The zero-order valence-corrected chi connectivity index (χ0v) is 11.6. The Kier molecular flexibility index (Phi) is 4.17. The van der Waals surface area contributed by atoms with Gasteiger partial charge in [-0.05, 0) is 50.7 Å². The molecule has 0 unspecified atom stereocenters. The molecule has 0 saturated heterocycles. The molecule has 1 heterocycles. The van der Waals surface area contributed by atoms with Crippen LogP contribution in [-0.2, 0) is 0 Å². The van der Waals surface area contributed by atoms with E-state index in [1.807, 2.05) is 20.0 Å². The van der Waals surface area contributed by atoms with E-state index in [-0.39, 0.29) is 5.82 Å². The van der Waals surface area contributed by atoms with Crippen LogP contribution < -0.4 is 5.32 Å². The van der Waals surface area contributed by atoms with Crippen molar-refractivity contribution < 1.29 is 4.39 Å². The lowest BCUT2D eigenvalue weighted by atomic mass is 10.2. The van der Waals surface area contributed by atoms with E-state index in [0.29, 0.717) is 0 Å². The summed E-state index contributed by atoms with van der Waals surface area (Å²) in [6.07, 6.45) is 4.17. The van der Waals surface area contributed by atoms with Crippen molar-refractivity contribution >= 4 is 6.08 Å². The number of nitrogens with zero attached hydrogens (tertiary/aromatic N) is 1. The minimum atomic E-state index is -0.211. The first kappa shape index (κ1) is 13.6. The molecule has 100 valence electrons. The van der Waals surface area contributed by atoms with Crippen molar-refractivity contribution in [2.24, 2.45) is 0 Å². The van der Waals surface area contributed by atoms with E-state index in [9.17, 15) is 4.39 Å². The minimum Gasteiger partial charge on any atom is -0.318 e. The molecule has 0 saturated carbocycles. The van der Waals surface area contributed by atoms with Gasteiger partial charge in [-0.1, -0.05) is 18.2 Å². The molecule has 2 aromatic rings.